The van der Waals surface area contributed by atoms with Crippen LogP contribution in [0, 0.1) is 5.92 Å². The summed E-state index contributed by atoms with van der Waals surface area (Å²) in [6.45, 7) is 0.741. The molecular weight excluding hydrogens is 292 g/mol. The second-order valence-electron chi connectivity index (χ2n) is 4.92. The Balaban J connectivity index is 1.81. The average molecular weight is 311 g/mol. The van der Waals surface area contributed by atoms with Crippen molar-refractivity contribution in [3.05, 3.63) is 23.2 Å². The molecule has 0 spiro atoms. The highest BCUT2D eigenvalue weighted by molar-refractivity contribution is 6.32. The molecule has 0 saturated heterocycles. The summed E-state index contributed by atoms with van der Waals surface area (Å²) < 4.78 is 5.06. The minimum Gasteiger partial charge on any atom is -0.495 e. The molecule has 0 heterocycles. The van der Waals surface area contributed by atoms with Crippen LogP contribution in [-0.2, 0) is 4.79 Å². The number of amides is 1. The van der Waals surface area contributed by atoms with Gasteiger partial charge in [0.1, 0.15) is 12.3 Å². The molecule has 7 heteroatoms. The van der Waals surface area contributed by atoms with E-state index in [2.05, 4.69) is 15.6 Å². The first-order valence-corrected chi connectivity index (χ1v) is 7.13. The third-order valence-electron chi connectivity index (χ3n) is 3.10. The highest BCUT2D eigenvalue weighted by atomic mass is 35.5. The molecule has 6 nitrogen and oxygen atoms in total. The Kier molecular flexibility index (Phi) is 5.27. The van der Waals surface area contributed by atoms with Crippen molar-refractivity contribution in [1.82, 2.24) is 5.32 Å². The monoisotopic (exact) mass is 310 g/mol. The number of hydrogen-bond donors (Lipinski definition) is 3. The van der Waals surface area contributed by atoms with Crippen molar-refractivity contribution in [2.24, 2.45) is 16.6 Å². The summed E-state index contributed by atoms with van der Waals surface area (Å²) in [4.78, 5) is 15.5. The second-order valence-corrected chi connectivity index (χ2v) is 5.33. The number of nitrogens with zero attached hydrogens (tertiary/aromatic N) is 1. The van der Waals surface area contributed by atoms with Gasteiger partial charge >= 0.3 is 0 Å². The predicted molar refractivity (Wildman–Crippen MR) is 83.8 cm³/mol. The summed E-state index contributed by atoms with van der Waals surface area (Å²) in [5, 5.41) is 6.17. The molecule has 1 aromatic carbocycles. The van der Waals surface area contributed by atoms with Crippen LogP contribution < -0.4 is 21.1 Å². The third kappa shape index (κ3) is 5.15. The average Bonchev–Trinajstić information content (AvgIpc) is 3.27. The number of aliphatic imine (C=N–C) groups is 1. The van der Waals surface area contributed by atoms with Crippen molar-refractivity contribution >= 4 is 29.2 Å². The number of ether oxygens (including phenoxy) is 1. The fourth-order valence-electron chi connectivity index (χ4n) is 1.72. The Bertz CT molecular complexity index is 544. The largest absolute Gasteiger partial charge is 0.495 e. The number of rotatable bonds is 6. The molecular formula is C14H19ClN4O2. The van der Waals surface area contributed by atoms with E-state index in [1.165, 1.54) is 12.8 Å². The minimum atomic E-state index is -0.126. The van der Waals surface area contributed by atoms with Gasteiger partial charge in [0, 0.05) is 12.2 Å². The van der Waals surface area contributed by atoms with Gasteiger partial charge in [0.05, 0.1) is 12.1 Å². The molecule has 2 rings (SSSR count). The van der Waals surface area contributed by atoms with Crippen LogP contribution >= 0.6 is 11.6 Å². The molecule has 0 unspecified atom stereocenters. The molecule has 21 heavy (non-hydrogen) atoms. The van der Waals surface area contributed by atoms with Crippen molar-refractivity contribution in [2.45, 2.75) is 12.8 Å². The fourth-order valence-corrected chi connectivity index (χ4v) is 1.98. The van der Waals surface area contributed by atoms with Gasteiger partial charge in [-0.05, 0) is 37.0 Å². The van der Waals surface area contributed by atoms with Gasteiger partial charge in [-0.2, -0.15) is 0 Å². The van der Waals surface area contributed by atoms with Crippen LogP contribution in [0.25, 0.3) is 0 Å². The molecule has 1 aliphatic rings. The number of methoxy groups -OCH3 is 1. The van der Waals surface area contributed by atoms with Crippen LogP contribution in [0.4, 0.5) is 5.69 Å². The van der Waals surface area contributed by atoms with Crippen molar-refractivity contribution in [1.29, 1.82) is 0 Å². The zero-order valence-corrected chi connectivity index (χ0v) is 12.6. The van der Waals surface area contributed by atoms with Crippen LogP contribution in [0.2, 0.25) is 5.02 Å². The maximum absolute atomic E-state index is 11.5. The van der Waals surface area contributed by atoms with Crippen molar-refractivity contribution in [3.8, 4) is 5.75 Å². The van der Waals surface area contributed by atoms with Crippen LogP contribution in [0.15, 0.2) is 23.2 Å². The van der Waals surface area contributed by atoms with E-state index in [4.69, 9.17) is 22.1 Å². The predicted octanol–water partition coefficient (Wildman–Crippen LogP) is 1.60. The molecule has 0 bridgehead atoms. The minimum absolute atomic E-state index is 0.00937. The SMILES string of the molecule is COc1ccc(NC(N)=NCC(=O)NCC2CC2)cc1Cl. The van der Waals surface area contributed by atoms with Gasteiger partial charge in [0.15, 0.2) is 5.96 Å². The second kappa shape index (κ2) is 7.17. The molecule has 1 fully saturated rings. The molecule has 0 radical (unpaired) electrons. The van der Waals surface area contributed by atoms with Crippen LogP contribution in [0.5, 0.6) is 5.75 Å². The zero-order chi connectivity index (χ0) is 15.2. The normalized spacial score (nSPS) is 14.7. The number of carbonyl (C=O) groups is 1. The van der Waals surface area contributed by atoms with E-state index in [0.29, 0.717) is 22.4 Å². The van der Waals surface area contributed by atoms with Gasteiger partial charge < -0.3 is 21.1 Å². The first-order chi connectivity index (χ1) is 10.1. The lowest BCUT2D eigenvalue weighted by atomic mass is 10.3. The molecule has 0 aliphatic heterocycles. The van der Waals surface area contributed by atoms with Gasteiger partial charge in [-0.15, -0.1) is 0 Å². The molecule has 1 saturated carbocycles. The van der Waals surface area contributed by atoms with E-state index in [-0.39, 0.29) is 18.4 Å². The Morgan fingerprint density at radius 3 is 2.90 bits per heavy atom. The molecule has 1 aromatic rings. The van der Waals surface area contributed by atoms with Crippen LogP contribution in [-0.4, -0.2) is 32.1 Å². The van der Waals surface area contributed by atoms with E-state index in [1.54, 1.807) is 25.3 Å². The van der Waals surface area contributed by atoms with Gasteiger partial charge in [0.2, 0.25) is 5.91 Å². The number of carbonyl (C=O) groups excluding carboxylic acids is 1. The van der Waals surface area contributed by atoms with E-state index in [9.17, 15) is 4.79 Å². The fraction of sp³-hybridized carbons (Fsp3) is 0.429. The third-order valence-corrected chi connectivity index (χ3v) is 3.40. The number of anilines is 1. The quantitative estimate of drug-likeness (QED) is 0.550. The summed E-state index contributed by atoms with van der Waals surface area (Å²) >= 11 is 6.01. The molecule has 0 atom stereocenters. The molecule has 1 amide bonds. The standard InChI is InChI=1S/C14H19ClN4O2/c1-21-12-5-4-10(6-11(12)15)19-14(16)18-8-13(20)17-7-9-2-3-9/h4-6,9H,2-3,7-8H2,1H3,(H,17,20)(H3,16,18,19). The number of halogens is 1. The summed E-state index contributed by atoms with van der Waals surface area (Å²) in [6.07, 6.45) is 2.40. The summed E-state index contributed by atoms with van der Waals surface area (Å²) in [7, 11) is 1.55. The van der Waals surface area contributed by atoms with Gasteiger partial charge in [-0.25, -0.2) is 4.99 Å². The Labute approximate surface area is 128 Å². The van der Waals surface area contributed by atoms with E-state index in [0.717, 1.165) is 6.54 Å². The number of nitrogens with two attached hydrogens (primary N) is 1. The Morgan fingerprint density at radius 1 is 1.52 bits per heavy atom. The number of benzene rings is 1. The Hall–Kier alpha value is -1.95. The van der Waals surface area contributed by atoms with E-state index in [1.807, 2.05) is 0 Å². The van der Waals surface area contributed by atoms with Gasteiger partial charge in [0.25, 0.3) is 0 Å². The van der Waals surface area contributed by atoms with Gasteiger partial charge in [-0.3, -0.25) is 4.79 Å². The smallest absolute Gasteiger partial charge is 0.241 e. The van der Waals surface area contributed by atoms with Gasteiger partial charge in [-0.1, -0.05) is 11.6 Å². The van der Waals surface area contributed by atoms with Crippen molar-refractivity contribution in [2.75, 3.05) is 25.5 Å². The zero-order valence-electron chi connectivity index (χ0n) is 11.9. The van der Waals surface area contributed by atoms with Crippen LogP contribution in [0.3, 0.4) is 0 Å². The summed E-state index contributed by atoms with van der Waals surface area (Å²) in [6, 6.07) is 5.16. The van der Waals surface area contributed by atoms with Crippen LogP contribution in [0.1, 0.15) is 12.8 Å². The van der Waals surface area contributed by atoms with E-state index >= 15 is 0 Å². The number of guanidine groups is 1. The highest BCUT2D eigenvalue weighted by Gasteiger charge is 2.21. The highest BCUT2D eigenvalue weighted by Crippen LogP contribution is 2.27. The maximum Gasteiger partial charge on any atom is 0.241 e. The number of nitrogens with one attached hydrogen (secondary N) is 2. The topological polar surface area (TPSA) is 88.7 Å². The first-order valence-electron chi connectivity index (χ1n) is 6.75. The van der Waals surface area contributed by atoms with Crippen molar-refractivity contribution < 1.29 is 9.53 Å². The Morgan fingerprint density at radius 2 is 2.29 bits per heavy atom. The lowest BCUT2D eigenvalue weighted by Gasteiger charge is -2.08. The molecule has 114 valence electrons. The molecule has 4 N–H and O–H groups in total. The lowest BCUT2D eigenvalue weighted by molar-refractivity contribution is -0.119. The lowest BCUT2D eigenvalue weighted by Crippen LogP contribution is -2.30. The summed E-state index contributed by atoms with van der Waals surface area (Å²) in [5.74, 6) is 1.27. The summed E-state index contributed by atoms with van der Waals surface area (Å²) in [5.41, 5.74) is 6.41. The molecule has 0 aromatic heterocycles. The number of hydrogen-bond acceptors (Lipinski definition) is 3. The first kappa shape index (κ1) is 15.4. The van der Waals surface area contributed by atoms with Crippen molar-refractivity contribution in [3.63, 3.8) is 0 Å². The van der Waals surface area contributed by atoms with E-state index < -0.39 is 0 Å². The maximum atomic E-state index is 11.5. The molecule has 1 aliphatic carbocycles.